The number of nitrogens with one attached hydrogen (secondary N) is 1. The third-order valence-electron chi connectivity index (χ3n) is 4.65. The van der Waals surface area contributed by atoms with Crippen LogP contribution >= 0.6 is 0 Å². The summed E-state index contributed by atoms with van der Waals surface area (Å²) < 4.78 is 27.0. The van der Waals surface area contributed by atoms with Crippen LogP contribution in [0.3, 0.4) is 0 Å². The molecule has 2 bridgehead atoms. The topological polar surface area (TPSA) is 68.5 Å². The lowest BCUT2D eigenvalue weighted by Gasteiger charge is -2.38. The molecule has 0 saturated carbocycles. The normalized spacial score (nSPS) is 32.2. The summed E-state index contributed by atoms with van der Waals surface area (Å²) in [4.78, 5) is 0. The Labute approximate surface area is 139 Å². The molecular weight excluding hydrogens is 313 g/mol. The number of halogens is 1. The number of rotatable bonds is 4. The Morgan fingerprint density at radius 3 is 3.00 bits per heavy atom. The number of fused-ring (bicyclic) bond motifs is 2. The van der Waals surface area contributed by atoms with E-state index in [4.69, 9.17) is 9.47 Å². The summed E-state index contributed by atoms with van der Waals surface area (Å²) in [6.45, 7) is 2.64. The Kier molecular flexibility index (Phi) is 4.09. The lowest BCUT2D eigenvalue weighted by Crippen LogP contribution is -2.57. The zero-order valence-corrected chi connectivity index (χ0v) is 13.3. The van der Waals surface area contributed by atoms with Gasteiger partial charge in [0.2, 0.25) is 0 Å². The van der Waals surface area contributed by atoms with Gasteiger partial charge in [-0.25, -0.2) is 4.39 Å². The van der Waals surface area contributed by atoms with Crippen molar-refractivity contribution in [3.63, 3.8) is 0 Å². The minimum absolute atomic E-state index is 0.260. The molecule has 1 aromatic heterocycles. The van der Waals surface area contributed by atoms with Gasteiger partial charge in [-0.05, 0) is 18.6 Å². The zero-order valence-electron chi connectivity index (χ0n) is 13.3. The average molecular weight is 333 g/mol. The number of aliphatic hydroxyl groups is 1. The number of aryl methyl sites for hydroxylation is 1. The Morgan fingerprint density at radius 1 is 1.42 bits per heavy atom. The van der Waals surface area contributed by atoms with Crippen LogP contribution in [0.25, 0.3) is 0 Å². The van der Waals surface area contributed by atoms with Gasteiger partial charge in [-0.15, -0.1) is 0 Å². The first kappa shape index (κ1) is 15.7. The number of aliphatic hydroxyl groups excluding tert-OH is 1. The van der Waals surface area contributed by atoms with E-state index in [1.807, 2.05) is 13.1 Å². The molecular formula is C17H20FN3O3. The molecule has 6 nitrogen and oxygen atoms in total. The molecule has 2 aromatic rings. The van der Waals surface area contributed by atoms with Crippen molar-refractivity contribution in [3.8, 4) is 0 Å². The second-order valence-corrected chi connectivity index (χ2v) is 6.35. The average Bonchev–Trinajstić information content (AvgIpc) is 3.17. The van der Waals surface area contributed by atoms with Gasteiger partial charge in [0.05, 0.1) is 24.9 Å². The summed E-state index contributed by atoms with van der Waals surface area (Å²) in [5, 5.41) is 18.4. The van der Waals surface area contributed by atoms with Crippen molar-refractivity contribution in [2.45, 2.75) is 44.1 Å². The Bertz CT molecular complexity index is 723. The second kappa shape index (κ2) is 6.25. The van der Waals surface area contributed by atoms with Crippen molar-refractivity contribution < 1.29 is 19.0 Å². The SMILES string of the molecule is Cc1cnn([C@H]2[C@@H]3OC[C@@H](O3)[C@@H](NCc3ccccc3F)[C@@H]2O)c1. The maximum atomic E-state index is 13.8. The van der Waals surface area contributed by atoms with E-state index >= 15 is 0 Å². The molecule has 7 heteroatoms. The van der Waals surface area contributed by atoms with Crippen LogP contribution in [0, 0.1) is 12.7 Å². The van der Waals surface area contributed by atoms with Crippen LogP contribution in [-0.4, -0.2) is 46.0 Å². The minimum atomic E-state index is -0.748. The van der Waals surface area contributed by atoms with Gasteiger partial charge >= 0.3 is 0 Å². The summed E-state index contributed by atoms with van der Waals surface area (Å²) in [5.41, 5.74) is 1.55. The van der Waals surface area contributed by atoms with E-state index in [0.29, 0.717) is 18.7 Å². The molecule has 2 fully saturated rings. The van der Waals surface area contributed by atoms with Crippen LogP contribution in [-0.2, 0) is 16.0 Å². The minimum Gasteiger partial charge on any atom is -0.389 e. The first-order valence-electron chi connectivity index (χ1n) is 8.06. The van der Waals surface area contributed by atoms with E-state index in [2.05, 4.69) is 10.4 Å². The molecule has 1 aromatic carbocycles. The molecule has 2 aliphatic heterocycles. The molecule has 5 atom stereocenters. The van der Waals surface area contributed by atoms with E-state index in [0.717, 1.165) is 5.56 Å². The van der Waals surface area contributed by atoms with Gasteiger partial charge in [-0.3, -0.25) is 4.68 Å². The van der Waals surface area contributed by atoms with Crippen LogP contribution in [0.15, 0.2) is 36.7 Å². The van der Waals surface area contributed by atoms with E-state index < -0.39 is 18.4 Å². The first-order chi connectivity index (χ1) is 11.6. The van der Waals surface area contributed by atoms with Crippen molar-refractivity contribution in [2.24, 2.45) is 0 Å². The van der Waals surface area contributed by atoms with Crippen molar-refractivity contribution in [1.29, 1.82) is 0 Å². The standard InChI is InChI=1S/C17H20FN3O3/c1-10-6-20-21(8-10)15-16(22)14(13-9-23-17(15)24-13)19-7-11-4-2-3-5-12(11)18/h2-6,8,13-17,19,22H,7,9H2,1H3/t13-,14-,15-,16+,17-/m1/s1. The summed E-state index contributed by atoms with van der Waals surface area (Å²) in [7, 11) is 0. The van der Waals surface area contributed by atoms with E-state index in [1.165, 1.54) is 6.07 Å². The van der Waals surface area contributed by atoms with Gasteiger partial charge in [0.25, 0.3) is 0 Å². The molecule has 0 radical (unpaired) electrons. The summed E-state index contributed by atoms with van der Waals surface area (Å²) in [6.07, 6.45) is 2.06. The van der Waals surface area contributed by atoms with Gasteiger partial charge in [-0.1, -0.05) is 18.2 Å². The number of ether oxygens (including phenoxy) is 2. The fraction of sp³-hybridized carbons (Fsp3) is 0.471. The molecule has 2 saturated heterocycles. The molecule has 0 aliphatic carbocycles. The number of aromatic nitrogens is 2. The predicted octanol–water partition coefficient (Wildman–Crippen LogP) is 1.15. The van der Waals surface area contributed by atoms with Gasteiger partial charge in [0.15, 0.2) is 6.29 Å². The van der Waals surface area contributed by atoms with Crippen molar-refractivity contribution in [3.05, 3.63) is 53.6 Å². The van der Waals surface area contributed by atoms with Gasteiger partial charge < -0.3 is 19.9 Å². The highest BCUT2D eigenvalue weighted by molar-refractivity contribution is 5.17. The third-order valence-corrected chi connectivity index (χ3v) is 4.65. The first-order valence-corrected chi connectivity index (χ1v) is 8.06. The predicted molar refractivity (Wildman–Crippen MR) is 83.6 cm³/mol. The fourth-order valence-electron chi connectivity index (χ4n) is 3.40. The van der Waals surface area contributed by atoms with Gasteiger partial charge in [0, 0.05) is 18.3 Å². The smallest absolute Gasteiger partial charge is 0.183 e. The van der Waals surface area contributed by atoms with Crippen molar-refractivity contribution in [1.82, 2.24) is 15.1 Å². The van der Waals surface area contributed by atoms with E-state index in [9.17, 15) is 9.50 Å². The monoisotopic (exact) mass is 333 g/mol. The van der Waals surface area contributed by atoms with Crippen LogP contribution in [0.4, 0.5) is 4.39 Å². The fourth-order valence-corrected chi connectivity index (χ4v) is 3.40. The lowest BCUT2D eigenvalue weighted by molar-refractivity contribution is -0.168. The van der Waals surface area contributed by atoms with Crippen LogP contribution in [0.1, 0.15) is 17.2 Å². The van der Waals surface area contributed by atoms with Crippen LogP contribution in [0.2, 0.25) is 0 Å². The summed E-state index contributed by atoms with van der Waals surface area (Å²) >= 11 is 0. The number of nitrogens with zero attached hydrogens (tertiary/aromatic N) is 2. The molecule has 24 heavy (non-hydrogen) atoms. The maximum absolute atomic E-state index is 13.8. The molecule has 4 rings (SSSR count). The Morgan fingerprint density at radius 2 is 2.25 bits per heavy atom. The quantitative estimate of drug-likeness (QED) is 0.878. The molecule has 3 heterocycles. The summed E-state index contributed by atoms with van der Waals surface area (Å²) in [6, 6.07) is 5.80. The number of hydrogen-bond acceptors (Lipinski definition) is 5. The molecule has 128 valence electrons. The molecule has 0 unspecified atom stereocenters. The highest BCUT2D eigenvalue weighted by Crippen LogP contribution is 2.35. The largest absolute Gasteiger partial charge is 0.389 e. The second-order valence-electron chi connectivity index (χ2n) is 6.35. The molecule has 2 N–H and O–H groups in total. The highest BCUT2D eigenvalue weighted by atomic mass is 19.1. The van der Waals surface area contributed by atoms with Crippen LogP contribution in [0.5, 0.6) is 0 Å². The third kappa shape index (κ3) is 2.73. The van der Waals surface area contributed by atoms with E-state index in [-0.39, 0.29) is 18.0 Å². The summed E-state index contributed by atoms with van der Waals surface area (Å²) in [5.74, 6) is -0.268. The zero-order chi connectivity index (χ0) is 16.7. The molecule has 0 spiro atoms. The van der Waals surface area contributed by atoms with Crippen LogP contribution < -0.4 is 5.32 Å². The number of benzene rings is 1. The Hall–Kier alpha value is -1.80. The molecule has 0 amide bonds. The van der Waals surface area contributed by atoms with E-state index in [1.54, 1.807) is 29.1 Å². The van der Waals surface area contributed by atoms with Crippen molar-refractivity contribution >= 4 is 0 Å². The lowest BCUT2D eigenvalue weighted by atomic mass is 9.96. The van der Waals surface area contributed by atoms with Crippen molar-refractivity contribution in [2.75, 3.05) is 6.61 Å². The number of hydrogen-bond donors (Lipinski definition) is 2. The van der Waals surface area contributed by atoms with Gasteiger partial charge in [-0.2, -0.15) is 5.10 Å². The highest BCUT2D eigenvalue weighted by Gasteiger charge is 2.51. The van der Waals surface area contributed by atoms with Gasteiger partial charge in [0.1, 0.15) is 18.0 Å². The Balaban J connectivity index is 1.53. The maximum Gasteiger partial charge on any atom is 0.183 e. The molecule has 2 aliphatic rings.